The van der Waals surface area contributed by atoms with Crippen molar-refractivity contribution in [2.45, 2.75) is 31.7 Å². The highest BCUT2D eigenvalue weighted by atomic mass is 16.4. The van der Waals surface area contributed by atoms with Gasteiger partial charge in [0.25, 0.3) is 0 Å². The molecule has 1 aliphatic rings. The van der Waals surface area contributed by atoms with Crippen molar-refractivity contribution >= 4 is 17.8 Å². The van der Waals surface area contributed by atoms with Crippen LogP contribution in [0, 0.1) is 0 Å². The molecular formula is C13H18N4O3. The van der Waals surface area contributed by atoms with Gasteiger partial charge in [-0.2, -0.15) is 0 Å². The number of carbonyl (C=O) groups is 2. The average molecular weight is 278 g/mol. The van der Waals surface area contributed by atoms with Crippen molar-refractivity contribution in [2.24, 2.45) is 0 Å². The van der Waals surface area contributed by atoms with E-state index in [1.165, 1.54) is 0 Å². The Balaban J connectivity index is 1.87. The van der Waals surface area contributed by atoms with Gasteiger partial charge in [0.15, 0.2) is 0 Å². The van der Waals surface area contributed by atoms with Crippen molar-refractivity contribution in [1.29, 1.82) is 0 Å². The summed E-state index contributed by atoms with van der Waals surface area (Å²) in [5.41, 5.74) is 0. The van der Waals surface area contributed by atoms with E-state index < -0.39 is 5.97 Å². The van der Waals surface area contributed by atoms with E-state index in [2.05, 4.69) is 15.3 Å². The van der Waals surface area contributed by atoms with Crippen LogP contribution in [0.1, 0.15) is 25.7 Å². The van der Waals surface area contributed by atoms with Crippen LogP contribution in [-0.2, 0) is 9.59 Å². The molecule has 20 heavy (non-hydrogen) atoms. The number of hydrogen-bond acceptors (Lipinski definition) is 5. The molecule has 7 heteroatoms. The van der Waals surface area contributed by atoms with Crippen LogP contribution in [-0.4, -0.2) is 46.1 Å². The van der Waals surface area contributed by atoms with Gasteiger partial charge >= 0.3 is 5.97 Å². The van der Waals surface area contributed by atoms with Gasteiger partial charge in [0.05, 0.1) is 0 Å². The predicted octanol–water partition coefficient (Wildman–Crippen LogP) is 0.426. The maximum atomic E-state index is 12.1. The normalized spacial score (nSPS) is 18.0. The van der Waals surface area contributed by atoms with Gasteiger partial charge in [0, 0.05) is 31.9 Å². The molecule has 1 aromatic rings. The summed E-state index contributed by atoms with van der Waals surface area (Å²) in [5.74, 6) is -0.365. The molecule has 1 atom stereocenters. The minimum atomic E-state index is -0.848. The van der Waals surface area contributed by atoms with Crippen molar-refractivity contribution in [2.75, 3.05) is 18.0 Å². The minimum absolute atomic E-state index is 0.0659. The number of nitrogens with one attached hydrogen (secondary N) is 1. The molecule has 1 aromatic heterocycles. The molecule has 108 valence electrons. The Morgan fingerprint density at radius 2 is 2.15 bits per heavy atom. The van der Waals surface area contributed by atoms with Crippen LogP contribution >= 0.6 is 0 Å². The number of rotatable bonds is 6. The first-order chi connectivity index (χ1) is 9.68. The third kappa shape index (κ3) is 3.66. The Morgan fingerprint density at radius 1 is 1.40 bits per heavy atom. The van der Waals surface area contributed by atoms with Gasteiger partial charge < -0.3 is 15.3 Å². The molecule has 2 heterocycles. The molecule has 0 radical (unpaired) electrons. The summed E-state index contributed by atoms with van der Waals surface area (Å²) in [6.45, 7) is 1.14. The first kappa shape index (κ1) is 14.2. The average Bonchev–Trinajstić information content (AvgIpc) is 2.93. The molecule has 1 aliphatic heterocycles. The summed E-state index contributed by atoms with van der Waals surface area (Å²) < 4.78 is 0. The summed E-state index contributed by atoms with van der Waals surface area (Å²) in [4.78, 5) is 32.8. The van der Waals surface area contributed by atoms with E-state index in [9.17, 15) is 9.59 Å². The molecule has 0 aliphatic carbocycles. The number of carboxylic acid groups (broad SMARTS) is 1. The first-order valence-corrected chi connectivity index (χ1v) is 6.71. The maximum Gasteiger partial charge on any atom is 0.303 e. The van der Waals surface area contributed by atoms with Crippen LogP contribution in [0.5, 0.6) is 0 Å². The summed E-state index contributed by atoms with van der Waals surface area (Å²) in [5, 5.41) is 11.3. The highest BCUT2D eigenvalue weighted by molar-refractivity contribution is 5.85. The molecule has 1 amide bonds. The van der Waals surface area contributed by atoms with Crippen LogP contribution in [0.3, 0.4) is 0 Å². The Labute approximate surface area is 117 Å². The molecule has 2 rings (SSSR count). The van der Waals surface area contributed by atoms with Gasteiger partial charge in [-0.3, -0.25) is 9.59 Å². The summed E-state index contributed by atoms with van der Waals surface area (Å²) in [6, 6.07) is 1.47. The monoisotopic (exact) mass is 278 g/mol. The highest BCUT2D eigenvalue weighted by Gasteiger charge is 2.31. The summed E-state index contributed by atoms with van der Waals surface area (Å²) in [6.07, 6.45) is 5.51. The zero-order valence-corrected chi connectivity index (χ0v) is 11.2. The van der Waals surface area contributed by atoms with Gasteiger partial charge in [-0.25, -0.2) is 9.97 Å². The van der Waals surface area contributed by atoms with E-state index in [1.54, 1.807) is 18.5 Å². The number of anilines is 1. The van der Waals surface area contributed by atoms with E-state index in [0.717, 1.165) is 19.4 Å². The number of carboxylic acids is 1. The summed E-state index contributed by atoms with van der Waals surface area (Å²) in [7, 11) is 0. The fourth-order valence-electron chi connectivity index (χ4n) is 2.29. The van der Waals surface area contributed by atoms with Crippen LogP contribution in [0.4, 0.5) is 5.95 Å². The molecule has 0 aromatic carbocycles. The second kappa shape index (κ2) is 6.83. The van der Waals surface area contributed by atoms with Crippen LogP contribution in [0.2, 0.25) is 0 Å². The Bertz CT molecular complexity index is 466. The van der Waals surface area contributed by atoms with E-state index in [1.807, 2.05) is 4.90 Å². The molecule has 0 spiro atoms. The fraction of sp³-hybridized carbons (Fsp3) is 0.538. The Morgan fingerprint density at radius 3 is 2.85 bits per heavy atom. The van der Waals surface area contributed by atoms with Crippen LogP contribution in [0.15, 0.2) is 18.5 Å². The zero-order chi connectivity index (χ0) is 14.4. The molecule has 2 N–H and O–H groups in total. The molecule has 1 fully saturated rings. The standard InChI is InChI=1S/C13H18N4O3/c18-11(19)5-1-6-14-12(20)10-4-2-9-17(10)13-15-7-3-8-16-13/h3,7-8,10H,1-2,4-6,9H2,(H,14,20)(H,18,19). The van der Waals surface area contributed by atoms with E-state index in [4.69, 9.17) is 5.11 Å². The lowest BCUT2D eigenvalue weighted by atomic mass is 10.2. The number of hydrogen-bond donors (Lipinski definition) is 2. The van der Waals surface area contributed by atoms with Crippen LogP contribution in [0.25, 0.3) is 0 Å². The van der Waals surface area contributed by atoms with Crippen molar-refractivity contribution in [3.63, 3.8) is 0 Å². The van der Waals surface area contributed by atoms with Gasteiger partial charge in [0.1, 0.15) is 6.04 Å². The smallest absolute Gasteiger partial charge is 0.303 e. The number of aliphatic carboxylic acids is 1. The van der Waals surface area contributed by atoms with Gasteiger partial charge in [-0.15, -0.1) is 0 Å². The van der Waals surface area contributed by atoms with Crippen molar-refractivity contribution in [1.82, 2.24) is 15.3 Å². The molecule has 1 saturated heterocycles. The Kier molecular flexibility index (Phi) is 4.86. The molecular weight excluding hydrogens is 260 g/mol. The highest BCUT2D eigenvalue weighted by Crippen LogP contribution is 2.21. The van der Waals surface area contributed by atoms with E-state index in [0.29, 0.717) is 18.9 Å². The lowest BCUT2D eigenvalue weighted by Crippen LogP contribution is -2.44. The second-order valence-electron chi connectivity index (χ2n) is 4.69. The maximum absolute atomic E-state index is 12.1. The third-order valence-corrected chi connectivity index (χ3v) is 3.23. The topological polar surface area (TPSA) is 95.4 Å². The predicted molar refractivity (Wildman–Crippen MR) is 72.3 cm³/mol. The first-order valence-electron chi connectivity index (χ1n) is 6.71. The lowest BCUT2D eigenvalue weighted by molar-refractivity contribution is -0.137. The summed E-state index contributed by atoms with van der Waals surface area (Å²) >= 11 is 0. The van der Waals surface area contributed by atoms with Crippen molar-refractivity contribution in [3.8, 4) is 0 Å². The van der Waals surface area contributed by atoms with Crippen LogP contribution < -0.4 is 10.2 Å². The van der Waals surface area contributed by atoms with Crippen molar-refractivity contribution in [3.05, 3.63) is 18.5 Å². The minimum Gasteiger partial charge on any atom is -0.481 e. The molecule has 7 nitrogen and oxygen atoms in total. The second-order valence-corrected chi connectivity index (χ2v) is 4.69. The Hall–Kier alpha value is -2.18. The van der Waals surface area contributed by atoms with E-state index in [-0.39, 0.29) is 18.4 Å². The lowest BCUT2D eigenvalue weighted by Gasteiger charge is -2.23. The SMILES string of the molecule is O=C(O)CCCNC(=O)C1CCCN1c1ncccn1. The quantitative estimate of drug-likeness (QED) is 0.732. The number of amides is 1. The van der Waals surface area contributed by atoms with Gasteiger partial charge in [-0.05, 0) is 25.3 Å². The van der Waals surface area contributed by atoms with E-state index >= 15 is 0 Å². The molecule has 1 unspecified atom stereocenters. The number of carbonyl (C=O) groups excluding carboxylic acids is 1. The van der Waals surface area contributed by atoms with Crippen molar-refractivity contribution < 1.29 is 14.7 Å². The largest absolute Gasteiger partial charge is 0.481 e. The molecule has 0 bridgehead atoms. The fourth-order valence-corrected chi connectivity index (χ4v) is 2.29. The molecule has 0 saturated carbocycles. The zero-order valence-electron chi connectivity index (χ0n) is 11.2. The van der Waals surface area contributed by atoms with Gasteiger partial charge in [0.2, 0.25) is 11.9 Å². The van der Waals surface area contributed by atoms with Gasteiger partial charge in [-0.1, -0.05) is 0 Å². The number of nitrogens with zero attached hydrogens (tertiary/aromatic N) is 3. The third-order valence-electron chi connectivity index (χ3n) is 3.23. The number of aromatic nitrogens is 2.